The Morgan fingerprint density at radius 1 is 1.26 bits per heavy atom. The van der Waals surface area contributed by atoms with Crippen molar-refractivity contribution in [2.45, 2.75) is 41.1 Å². The minimum absolute atomic E-state index is 0.0758. The summed E-state index contributed by atoms with van der Waals surface area (Å²) >= 11 is 0.615. The fourth-order valence-corrected chi connectivity index (χ4v) is 5.07. The van der Waals surface area contributed by atoms with Crippen LogP contribution in [0.1, 0.15) is 31.9 Å². The van der Waals surface area contributed by atoms with Gasteiger partial charge in [0, 0.05) is 18.9 Å². The third-order valence-corrected chi connectivity index (χ3v) is 7.37. The molecule has 23 heavy (non-hydrogen) atoms. The zero-order chi connectivity index (χ0) is 17.8. The lowest BCUT2D eigenvalue weighted by Crippen LogP contribution is -2.15. The van der Waals surface area contributed by atoms with Gasteiger partial charge in [0.15, 0.2) is 22.9 Å². The van der Waals surface area contributed by atoms with Crippen LogP contribution in [0, 0.1) is 0 Å². The van der Waals surface area contributed by atoms with Crippen molar-refractivity contribution in [3.05, 3.63) is 11.6 Å². The summed E-state index contributed by atoms with van der Waals surface area (Å²) in [6, 6.07) is 1.24. The molecule has 0 aromatic carbocycles. The number of thiophene rings is 1. The van der Waals surface area contributed by atoms with Crippen molar-refractivity contribution >= 4 is 31.2 Å². The smallest absolute Gasteiger partial charge is 0.247 e. The van der Waals surface area contributed by atoms with Crippen molar-refractivity contribution in [3.8, 4) is 0 Å². The third-order valence-electron chi connectivity index (χ3n) is 2.94. The molecule has 0 amide bonds. The Bertz CT molecular complexity index is 724. The number of primary sulfonamides is 1. The molecule has 2 atom stereocenters. The van der Waals surface area contributed by atoms with E-state index in [0.29, 0.717) is 17.8 Å². The number of hydrogen-bond acceptors (Lipinski definition) is 8. The molecule has 1 aromatic heterocycles. The van der Waals surface area contributed by atoms with Gasteiger partial charge in [-0.3, -0.25) is 0 Å². The van der Waals surface area contributed by atoms with E-state index >= 15 is 0 Å². The molecule has 0 saturated heterocycles. The molecule has 0 saturated carbocycles. The second-order valence-corrected chi connectivity index (χ2v) is 9.83. The molecule has 11 heteroatoms. The summed E-state index contributed by atoms with van der Waals surface area (Å²) < 4.78 is 62.1. The minimum Gasteiger partial charge on any atom is -0.356 e. The lowest BCUT2D eigenvalue weighted by atomic mass is 10.1. The van der Waals surface area contributed by atoms with Crippen LogP contribution < -0.4 is 5.14 Å². The van der Waals surface area contributed by atoms with Gasteiger partial charge in [0.05, 0.1) is 6.10 Å². The van der Waals surface area contributed by atoms with Crippen molar-refractivity contribution in [3.63, 3.8) is 0 Å². The summed E-state index contributed by atoms with van der Waals surface area (Å²) in [7, 11) is -6.14. The monoisotopic (exact) mass is 387 g/mol. The number of hydrogen-bond donors (Lipinski definition) is 1. The summed E-state index contributed by atoms with van der Waals surface area (Å²) in [5.74, 6) is 0. The largest absolute Gasteiger partial charge is 0.356 e. The van der Waals surface area contributed by atoms with Gasteiger partial charge in [-0.05, 0) is 19.4 Å². The fourth-order valence-electron chi connectivity index (χ4n) is 1.73. The van der Waals surface area contributed by atoms with Gasteiger partial charge in [0.25, 0.3) is 0 Å². The zero-order valence-electron chi connectivity index (χ0n) is 13.3. The highest BCUT2D eigenvalue weighted by Gasteiger charge is 2.27. The number of sulfone groups is 1. The molecule has 134 valence electrons. The first-order valence-electron chi connectivity index (χ1n) is 6.63. The van der Waals surface area contributed by atoms with Crippen molar-refractivity contribution in [2.24, 2.45) is 5.14 Å². The lowest BCUT2D eigenvalue weighted by molar-refractivity contribution is -0.189. The van der Waals surface area contributed by atoms with Crippen LogP contribution in [0.25, 0.3) is 0 Å². The molecule has 1 heterocycles. The first kappa shape index (κ1) is 20.5. The highest BCUT2D eigenvalue weighted by atomic mass is 32.3. The van der Waals surface area contributed by atoms with Crippen LogP contribution in [-0.4, -0.2) is 43.3 Å². The Kier molecular flexibility index (Phi) is 7.13. The highest BCUT2D eigenvalue weighted by Crippen LogP contribution is 2.36. The maximum absolute atomic E-state index is 11.9. The van der Waals surface area contributed by atoms with E-state index in [1.807, 2.05) is 0 Å². The normalized spacial score (nSPS) is 15.5. The minimum atomic E-state index is -4.00. The molecule has 0 fully saturated rings. The number of methoxy groups -OCH3 is 1. The Hall–Kier alpha value is -0.560. The fraction of sp³-hybridized carbons (Fsp3) is 0.667. The van der Waals surface area contributed by atoms with Crippen molar-refractivity contribution in [1.82, 2.24) is 0 Å². The molecule has 1 aromatic rings. The zero-order valence-corrected chi connectivity index (χ0v) is 15.8. The topological polar surface area (TPSA) is 122 Å². The van der Waals surface area contributed by atoms with Crippen LogP contribution in [0.2, 0.25) is 0 Å². The summed E-state index contributed by atoms with van der Waals surface area (Å²) in [5, 5.41) is 5.09. The molecule has 2 unspecified atom stereocenters. The first-order valence-corrected chi connectivity index (χ1v) is 10.9. The molecule has 0 bridgehead atoms. The van der Waals surface area contributed by atoms with Crippen molar-refractivity contribution in [2.75, 3.05) is 20.2 Å². The maximum atomic E-state index is 11.9. The third kappa shape index (κ3) is 5.78. The Labute approximate surface area is 140 Å². The van der Waals surface area contributed by atoms with Gasteiger partial charge in [-0.25, -0.2) is 22.0 Å². The van der Waals surface area contributed by atoms with Crippen LogP contribution >= 0.6 is 11.3 Å². The molecule has 0 aliphatic carbocycles. The second kappa shape index (κ2) is 8.01. The van der Waals surface area contributed by atoms with E-state index in [0.717, 1.165) is 6.26 Å². The molecule has 0 spiro atoms. The van der Waals surface area contributed by atoms with E-state index < -0.39 is 32.3 Å². The molecule has 1 rings (SSSR count). The lowest BCUT2D eigenvalue weighted by Gasteiger charge is -2.18. The van der Waals surface area contributed by atoms with Crippen LogP contribution in [0.4, 0.5) is 0 Å². The van der Waals surface area contributed by atoms with Gasteiger partial charge in [0.2, 0.25) is 10.0 Å². The van der Waals surface area contributed by atoms with Gasteiger partial charge in [-0.2, -0.15) is 0 Å². The molecule has 8 nitrogen and oxygen atoms in total. The highest BCUT2D eigenvalue weighted by molar-refractivity contribution is 7.94. The van der Waals surface area contributed by atoms with Gasteiger partial charge in [-0.1, -0.05) is 6.92 Å². The van der Waals surface area contributed by atoms with Crippen LogP contribution in [0.5, 0.6) is 0 Å². The van der Waals surface area contributed by atoms with Crippen molar-refractivity contribution in [1.29, 1.82) is 0 Å². The van der Waals surface area contributed by atoms with E-state index in [-0.39, 0.29) is 20.8 Å². The van der Waals surface area contributed by atoms with Gasteiger partial charge in [0.1, 0.15) is 8.42 Å². The van der Waals surface area contributed by atoms with E-state index in [4.69, 9.17) is 19.3 Å². The quantitative estimate of drug-likeness (QED) is 0.632. The van der Waals surface area contributed by atoms with E-state index in [2.05, 4.69) is 0 Å². The van der Waals surface area contributed by atoms with Crippen LogP contribution in [-0.2, 0) is 34.1 Å². The molecule has 0 aliphatic heterocycles. The maximum Gasteiger partial charge on any atom is 0.247 e. The predicted molar refractivity (Wildman–Crippen MR) is 85.3 cm³/mol. The van der Waals surface area contributed by atoms with Crippen LogP contribution in [0.15, 0.2) is 14.5 Å². The van der Waals surface area contributed by atoms with Gasteiger partial charge >= 0.3 is 0 Å². The summed E-state index contributed by atoms with van der Waals surface area (Å²) in [4.78, 5) is 0. The van der Waals surface area contributed by atoms with E-state index in [1.54, 1.807) is 13.8 Å². The Morgan fingerprint density at radius 2 is 1.87 bits per heavy atom. The average Bonchev–Trinajstić information content (AvgIpc) is 2.88. The van der Waals surface area contributed by atoms with Gasteiger partial charge in [-0.15, -0.1) is 11.3 Å². The predicted octanol–water partition coefficient (Wildman–Crippen LogP) is 1.23. The van der Waals surface area contributed by atoms with Crippen molar-refractivity contribution < 1.29 is 31.0 Å². The Balaban J connectivity index is 3.14. The standard InChI is InChI=1S/C12H21NO7S3/c1-5-10(20-7-19-8(2)18-3)9-6-11(23(13,16)17)21-12(9)22(4,14)15/h6,8,10H,5,7H2,1-4H3,(H2,13,16,17). The van der Waals surface area contributed by atoms with Gasteiger partial charge < -0.3 is 14.2 Å². The molecule has 0 radical (unpaired) electrons. The summed E-state index contributed by atoms with van der Waals surface area (Å²) in [5.41, 5.74) is 0.262. The molecular weight excluding hydrogens is 366 g/mol. The molecule has 0 aliphatic rings. The number of ether oxygens (including phenoxy) is 3. The van der Waals surface area contributed by atoms with E-state index in [1.165, 1.54) is 13.2 Å². The molecule has 2 N–H and O–H groups in total. The number of rotatable bonds is 9. The Morgan fingerprint density at radius 3 is 2.30 bits per heavy atom. The van der Waals surface area contributed by atoms with Crippen LogP contribution in [0.3, 0.4) is 0 Å². The first-order chi connectivity index (χ1) is 10.5. The summed E-state index contributed by atoms with van der Waals surface area (Å²) in [6.45, 7) is 3.33. The number of sulfonamides is 1. The molecular formula is C12H21NO7S3. The average molecular weight is 388 g/mol. The summed E-state index contributed by atoms with van der Waals surface area (Å²) in [6.07, 6.45) is 0.305. The van der Waals surface area contributed by atoms with E-state index in [9.17, 15) is 16.8 Å². The number of nitrogens with two attached hydrogens (primary N) is 1. The SMILES string of the molecule is CCC(OCOC(C)OC)c1cc(S(N)(=O)=O)sc1S(C)(=O)=O. The second-order valence-electron chi connectivity index (χ2n) is 4.78.